The molecule has 2 aliphatic rings. The van der Waals surface area contributed by atoms with Crippen molar-refractivity contribution < 1.29 is 22.0 Å². The Morgan fingerprint density at radius 3 is 2.57 bits per heavy atom. The van der Waals surface area contributed by atoms with Gasteiger partial charge in [0.1, 0.15) is 0 Å². The Morgan fingerprint density at radius 2 is 2.00 bits per heavy atom. The topological polar surface area (TPSA) is 66.5 Å². The van der Waals surface area contributed by atoms with Crippen molar-refractivity contribution in [1.82, 2.24) is 0 Å². The lowest BCUT2D eigenvalue weighted by molar-refractivity contribution is -0.119. The van der Waals surface area contributed by atoms with Gasteiger partial charge in [0.05, 0.1) is 0 Å². The first kappa shape index (κ1) is 16.2. The number of rotatable bonds is 4. The summed E-state index contributed by atoms with van der Waals surface area (Å²) in [7, 11) is -2.49. The van der Waals surface area contributed by atoms with Crippen molar-refractivity contribution in [3.63, 3.8) is 0 Å². The highest BCUT2D eigenvalue weighted by Crippen LogP contribution is 2.49. The third-order valence-corrected chi connectivity index (χ3v) is 6.86. The van der Waals surface area contributed by atoms with Gasteiger partial charge in [-0.25, -0.2) is 17.2 Å². The average molecular weight is 344 g/mol. The number of anilines is 2. The van der Waals surface area contributed by atoms with Gasteiger partial charge >= 0.3 is 0 Å². The standard InChI is InChI=1S/C15H18F2N2O3S/c1-9-7-13(20)19(2)12-4-3-10(8-11(9)12)18-23(21,22)15(5-6-15)14(16)17/h3-4,8-9,14,18H,5-7H2,1-2H3. The molecule has 1 amide bonds. The first-order valence-corrected chi connectivity index (χ1v) is 8.87. The number of hydrogen-bond donors (Lipinski definition) is 1. The molecule has 1 unspecified atom stereocenters. The zero-order valence-corrected chi connectivity index (χ0v) is 13.7. The van der Waals surface area contributed by atoms with E-state index >= 15 is 0 Å². The summed E-state index contributed by atoms with van der Waals surface area (Å²) in [6.45, 7) is 1.88. The lowest BCUT2D eigenvalue weighted by Gasteiger charge is -2.30. The number of nitrogens with zero attached hydrogens (tertiary/aromatic N) is 1. The van der Waals surface area contributed by atoms with E-state index in [0.29, 0.717) is 12.1 Å². The van der Waals surface area contributed by atoms with E-state index < -0.39 is 21.2 Å². The van der Waals surface area contributed by atoms with E-state index in [4.69, 9.17) is 0 Å². The quantitative estimate of drug-likeness (QED) is 0.913. The largest absolute Gasteiger partial charge is 0.315 e. The van der Waals surface area contributed by atoms with Crippen LogP contribution in [0.2, 0.25) is 0 Å². The third kappa shape index (κ3) is 2.49. The molecule has 0 radical (unpaired) electrons. The van der Waals surface area contributed by atoms with E-state index in [1.165, 1.54) is 11.0 Å². The second-order valence-corrected chi connectivity index (χ2v) is 8.33. The van der Waals surface area contributed by atoms with Gasteiger partial charge in [0, 0.05) is 24.8 Å². The molecule has 1 fully saturated rings. The zero-order valence-electron chi connectivity index (χ0n) is 12.8. The Hall–Kier alpha value is -1.70. The lowest BCUT2D eigenvalue weighted by Crippen LogP contribution is -2.36. The van der Waals surface area contributed by atoms with Crippen LogP contribution < -0.4 is 9.62 Å². The van der Waals surface area contributed by atoms with E-state index in [0.717, 1.165) is 5.56 Å². The summed E-state index contributed by atoms with van der Waals surface area (Å²) >= 11 is 0. The van der Waals surface area contributed by atoms with Crippen molar-refractivity contribution in [2.24, 2.45) is 0 Å². The van der Waals surface area contributed by atoms with Gasteiger partial charge in [-0.1, -0.05) is 6.92 Å². The van der Waals surface area contributed by atoms with Crippen LogP contribution in [0.15, 0.2) is 18.2 Å². The number of fused-ring (bicyclic) bond motifs is 1. The van der Waals surface area contributed by atoms with Crippen LogP contribution in [-0.2, 0) is 14.8 Å². The average Bonchev–Trinajstić information content (AvgIpc) is 3.26. The van der Waals surface area contributed by atoms with Gasteiger partial charge in [-0.15, -0.1) is 0 Å². The Morgan fingerprint density at radius 1 is 1.35 bits per heavy atom. The van der Waals surface area contributed by atoms with Gasteiger partial charge < -0.3 is 4.90 Å². The minimum absolute atomic E-state index is 0.00651. The van der Waals surface area contributed by atoms with Crippen LogP contribution >= 0.6 is 0 Å². The van der Waals surface area contributed by atoms with Gasteiger partial charge in [0.2, 0.25) is 15.9 Å². The second-order valence-electron chi connectivity index (χ2n) is 6.30. The molecule has 1 saturated carbocycles. The SMILES string of the molecule is CC1CC(=O)N(C)c2ccc(NS(=O)(=O)C3(C(F)F)CC3)cc21. The number of nitrogens with one attached hydrogen (secondary N) is 1. The minimum Gasteiger partial charge on any atom is -0.315 e. The molecule has 1 aliphatic heterocycles. The van der Waals surface area contributed by atoms with E-state index in [-0.39, 0.29) is 30.4 Å². The first-order valence-electron chi connectivity index (χ1n) is 7.39. The summed E-state index contributed by atoms with van der Waals surface area (Å²) in [5, 5.41) is 0. The fourth-order valence-electron chi connectivity index (χ4n) is 2.95. The van der Waals surface area contributed by atoms with E-state index in [1.807, 2.05) is 6.92 Å². The van der Waals surface area contributed by atoms with Crippen LogP contribution in [0, 0.1) is 0 Å². The zero-order chi connectivity index (χ0) is 17.0. The maximum absolute atomic E-state index is 13.0. The Labute approximate surface area is 133 Å². The van der Waals surface area contributed by atoms with Gasteiger partial charge in [-0.3, -0.25) is 9.52 Å². The Kier molecular flexibility index (Phi) is 3.62. The van der Waals surface area contributed by atoms with Crippen LogP contribution in [0.25, 0.3) is 0 Å². The van der Waals surface area contributed by atoms with Gasteiger partial charge in [0.15, 0.2) is 4.75 Å². The second kappa shape index (κ2) is 5.15. The van der Waals surface area contributed by atoms with E-state index in [1.54, 1.807) is 19.2 Å². The predicted octanol–water partition coefficient (Wildman–Crippen LogP) is 2.70. The smallest absolute Gasteiger partial charge is 0.259 e. The molecule has 1 heterocycles. The number of carbonyl (C=O) groups excluding carboxylic acids is 1. The van der Waals surface area contributed by atoms with E-state index in [9.17, 15) is 22.0 Å². The van der Waals surface area contributed by atoms with Crippen LogP contribution in [0.4, 0.5) is 20.2 Å². The van der Waals surface area contributed by atoms with E-state index in [2.05, 4.69) is 4.72 Å². The summed E-state index contributed by atoms with van der Waals surface area (Å²) in [5.74, 6) is -0.0592. The molecule has 1 aromatic carbocycles. The summed E-state index contributed by atoms with van der Waals surface area (Å²) in [5.41, 5.74) is 1.80. The lowest BCUT2D eigenvalue weighted by atomic mass is 9.91. The molecule has 3 rings (SSSR count). The van der Waals surface area contributed by atoms with Crippen LogP contribution in [0.1, 0.15) is 37.7 Å². The Balaban J connectivity index is 1.92. The van der Waals surface area contributed by atoms with Crippen molar-refractivity contribution >= 4 is 27.3 Å². The summed E-state index contributed by atoms with van der Waals surface area (Å²) < 4.78 is 50.9. The van der Waals surface area contributed by atoms with Gasteiger partial charge in [0.25, 0.3) is 6.43 Å². The highest BCUT2D eigenvalue weighted by molar-refractivity contribution is 7.94. The highest BCUT2D eigenvalue weighted by atomic mass is 32.2. The number of amides is 1. The molecule has 1 aromatic rings. The van der Waals surface area contributed by atoms with Crippen LogP contribution in [0.3, 0.4) is 0 Å². The molecule has 126 valence electrons. The molecular weight excluding hydrogens is 326 g/mol. The molecule has 0 spiro atoms. The maximum atomic E-state index is 13.0. The fourth-order valence-corrected chi connectivity index (χ4v) is 4.46. The van der Waals surface area contributed by atoms with Gasteiger partial charge in [-0.05, 0) is 42.5 Å². The summed E-state index contributed by atoms with van der Waals surface area (Å²) in [4.78, 5) is 13.3. The van der Waals surface area contributed by atoms with Crippen molar-refractivity contribution in [2.45, 2.75) is 43.3 Å². The minimum atomic E-state index is -4.15. The monoisotopic (exact) mass is 344 g/mol. The third-order valence-electron chi connectivity index (χ3n) is 4.70. The van der Waals surface area contributed by atoms with Gasteiger partial charge in [-0.2, -0.15) is 0 Å². The number of benzene rings is 1. The molecular formula is C15H18F2N2O3S. The molecule has 0 bridgehead atoms. The summed E-state index contributed by atoms with van der Waals surface area (Å²) in [6, 6.07) is 4.77. The molecule has 0 saturated heterocycles. The van der Waals surface area contributed by atoms with Crippen molar-refractivity contribution in [1.29, 1.82) is 0 Å². The number of halogens is 2. The molecule has 23 heavy (non-hydrogen) atoms. The van der Waals surface area contributed by atoms with Crippen molar-refractivity contribution in [3.8, 4) is 0 Å². The Bertz CT molecular complexity index is 760. The van der Waals surface area contributed by atoms with Crippen molar-refractivity contribution in [2.75, 3.05) is 16.7 Å². The normalized spacial score (nSPS) is 22.9. The molecule has 1 aliphatic carbocycles. The summed E-state index contributed by atoms with van der Waals surface area (Å²) in [6.07, 6.45) is -2.63. The molecule has 8 heteroatoms. The molecule has 1 atom stereocenters. The fraction of sp³-hybridized carbons (Fsp3) is 0.533. The number of sulfonamides is 1. The van der Waals surface area contributed by atoms with Crippen molar-refractivity contribution in [3.05, 3.63) is 23.8 Å². The maximum Gasteiger partial charge on any atom is 0.259 e. The molecule has 5 nitrogen and oxygen atoms in total. The first-order chi connectivity index (χ1) is 10.7. The number of carbonyl (C=O) groups is 1. The van der Waals surface area contributed by atoms with Crippen LogP contribution in [0.5, 0.6) is 0 Å². The van der Waals surface area contributed by atoms with Crippen LogP contribution in [-0.4, -0.2) is 32.5 Å². The highest BCUT2D eigenvalue weighted by Gasteiger charge is 2.62. The number of alkyl halides is 2. The molecule has 1 N–H and O–H groups in total. The predicted molar refractivity (Wildman–Crippen MR) is 83.4 cm³/mol. The molecule has 0 aromatic heterocycles. The number of hydrogen-bond acceptors (Lipinski definition) is 3.